The van der Waals surface area contributed by atoms with Crippen molar-refractivity contribution in [2.75, 3.05) is 14.2 Å². The number of rotatable bonds is 3. The zero-order chi connectivity index (χ0) is 10.7. The first-order chi connectivity index (χ1) is 7.35. The highest BCUT2D eigenvalue weighted by Gasteiger charge is 2.06. The van der Waals surface area contributed by atoms with Crippen LogP contribution < -0.4 is 5.32 Å². The lowest BCUT2D eigenvalue weighted by Crippen LogP contribution is -2.17. The van der Waals surface area contributed by atoms with Gasteiger partial charge in [0.15, 0.2) is 0 Å². The van der Waals surface area contributed by atoms with Crippen molar-refractivity contribution in [3.8, 4) is 0 Å². The van der Waals surface area contributed by atoms with Gasteiger partial charge in [0.25, 0.3) is 0 Å². The zero-order valence-electron chi connectivity index (χ0n) is 9.03. The molecule has 78 valence electrons. The third-order valence-electron chi connectivity index (χ3n) is 2.57. The lowest BCUT2D eigenvalue weighted by atomic mass is 10.1. The molecular weight excluding hydrogens is 186 g/mol. The minimum Gasteiger partial charge on any atom is -0.362 e. The monoisotopic (exact) mass is 201 g/mol. The molecule has 0 aliphatic carbocycles. The molecule has 0 aliphatic rings. The van der Waals surface area contributed by atoms with Gasteiger partial charge in [0.2, 0.25) is 0 Å². The second-order valence-electron chi connectivity index (χ2n) is 3.51. The van der Waals surface area contributed by atoms with Gasteiger partial charge in [0, 0.05) is 7.11 Å². The Morgan fingerprint density at radius 1 is 1.07 bits per heavy atom. The van der Waals surface area contributed by atoms with Gasteiger partial charge in [-0.15, -0.1) is 0 Å². The molecule has 2 aromatic rings. The summed E-state index contributed by atoms with van der Waals surface area (Å²) in [6, 6.07) is 14.7. The fraction of sp³-hybridized carbons (Fsp3) is 0.231. The van der Waals surface area contributed by atoms with E-state index < -0.39 is 0 Å². The molecule has 0 radical (unpaired) electrons. The standard InChI is InChI=1S/C13H15NO/c1-14-13(15-2)12-8-7-10-5-3-4-6-11(10)9-12/h3-9,13-14H,1-2H3. The highest BCUT2D eigenvalue weighted by molar-refractivity contribution is 5.83. The highest BCUT2D eigenvalue weighted by Crippen LogP contribution is 2.20. The molecule has 1 N–H and O–H groups in total. The minimum absolute atomic E-state index is 0.0328. The second-order valence-corrected chi connectivity index (χ2v) is 3.51. The molecule has 0 saturated carbocycles. The van der Waals surface area contributed by atoms with Crippen LogP contribution in [0.25, 0.3) is 10.8 Å². The summed E-state index contributed by atoms with van der Waals surface area (Å²) in [5.41, 5.74) is 1.15. The van der Waals surface area contributed by atoms with E-state index in [9.17, 15) is 0 Å². The van der Waals surface area contributed by atoms with E-state index >= 15 is 0 Å². The van der Waals surface area contributed by atoms with E-state index in [0.717, 1.165) is 5.56 Å². The minimum atomic E-state index is -0.0328. The van der Waals surface area contributed by atoms with Gasteiger partial charge in [-0.2, -0.15) is 0 Å². The number of hydrogen-bond acceptors (Lipinski definition) is 2. The summed E-state index contributed by atoms with van der Waals surface area (Å²) in [6.07, 6.45) is -0.0328. The Bertz CT molecular complexity index is 449. The van der Waals surface area contributed by atoms with Crippen LogP contribution >= 0.6 is 0 Å². The van der Waals surface area contributed by atoms with Crippen molar-refractivity contribution < 1.29 is 4.74 Å². The van der Waals surface area contributed by atoms with Crippen LogP contribution in [0.4, 0.5) is 0 Å². The van der Waals surface area contributed by atoms with Crippen LogP contribution in [-0.2, 0) is 4.74 Å². The maximum Gasteiger partial charge on any atom is 0.133 e. The van der Waals surface area contributed by atoms with Crippen molar-refractivity contribution in [2.45, 2.75) is 6.23 Å². The van der Waals surface area contributed by atoms with Crippen molar-refractivity contribution in [1.29, 1.82) is 0 Å². The largest absolute Gasteiger partial charge is 0.362 e. The number of methoxy groups -OCH3 is 1. The van der Waals surface area contributed by atoms with Crippen LogP contribution in [0.1, 0.15) is 11.8 Å². The number of ether oxygens (including phenoxy) is 1. The molecule has 1 atom stereocenters. The lowest BCUT2D eigenvalue weighted by Gasteiger charge is -2.15. The predicted octanol–water partition coefficient (Wildman–Crippen LogP) is 2.70. The Labute approximate surface area is 89.9 Å². The molecule has 0 fully saturated rings. The first-order valence-electron chi connectivity index (χ1n) is 5.04. The first-order valence-corrected chi connectivity index (χ1v) is 5.04. The number of hydrogen-bond donors (Lipinski definition) is 1. The number of benzene rings is 2. The highest BCUT2D eigenvalue weighted by atomic mass is 16.5. The molecule has 0 aromatic heterocycles. The van der Waals surface area contributed by atoms with Crippen LogP contribution in [0.5, 0.6) is 0 Å². The van der Waals surface area contributed by atoms with Gasteiger partial charge in [0.05, 0.1) is 0 Å². The number of nitrogens with one attached hydrogen (secondary N) is 1. The van der Waals surface area contributed by atoms with Gasteiger partial charge in [-0.05, 0) is 29.4 Å². The third kappa shape index (κ3) is 2.01. The van der Waals surface area contributed by atoms with E-state index in [4.69, 9.17) is 4.74 Å². The van der Waals surface area contributed by atoms with Crippen LogP contribution in [0.2, 0.25) is 0 Å². The SMILES string of the molecule is CNC(OC)c1ccc2ccccc2c1. The summed E-state index contributed by atoms with van der Waals surface area (Å²) >= 11 is 0. The Morgan fingerprint density at radius 3 is 2.47 bits per heavy atom. The van der Waals surface area contributed by atoms with Gasteiger partial charge in [-0.1, -0.05) is 36.4 Å². The third-order valence-corrected chi connectivity index (χ3v) is 2.57. The van der Waals surface area contributed by atoms with Gasteiger partial charge in [0.1, 0.15) is 6.23 Å². The smallest absolute Gasteiger partial charge is 0.133 e. The average molecular weight is 201 g/mol. The predicted molar refractivity (Wildman–Crippen MR) is 62.8 cm³/mol. The summed E-state index contributed by atoms with van der Waals surface area (Å²) in [5.74, 6) is 0. The van der Waals surface area contributed by atoms with E-state index in [1.54, 1.807) is 7.11 Å². The topological polar surface area (TPSA) is 21.3 Å². The van der Waals surface area contributed by atoms with Gasteiger partial charge in [-0.3, -0.25) is 5.32 Å². The maximum absolute atomic E-state index is 5.32. The Balaban J connectivity index is 2.46. The summed E-state index contributed by atoms with van der Waals surface area (Å²) in [4.78, 5) is 0. The van der Waals surface area contributed by atoms with Gasteiger partial charge in [-0.25, -0.2) is 0 Å². The first kappa shape index (κ1) is 10.1. The van der Waals surface area contributed by atoms with Gasteiger partial charge >= 0.3 is 0 Å². The lowest BCUT2D eigenvalue weighted by molar-refractivity contribution is 0.0810. The molecule has 2 heteroatoms. The van der Waals surface area contributed by atoms with Crippen molar-refractivity contribution in [3.05, 3.63) is 48.0 Å². The average Bonchev–Trinajstić information content (AvgIpc) is 2.30. The van der Waals surface area contributed by atoms with Crippen LogP contribution in [0.3, 0.4) is 0 Å². The molecule has 0 bridgehead atoms. The van der Waals surface area contributed by atoms with Crippen molar-refractivity contribution in [1.82, 2.24) is 5.32 Å². The van der Waals surface area contributed by atoms with Crippen molar-refractivity contribution >= 4 is 10.8 Å². The van der Waals surface area contributed by atoms with E-state index in [2.05, 4.69) is 35.6 Å². The zero-order valence-corrected chi connectivity index (χ0v) is 9.03. The second kappa shape index (κ2) is 4.43. The van der Waals surface area contributed by atoms with Crippen LogP contribution in [0.15, 0.2) is 42.5 Å². The fourth-order valence-electron chi connectivity index (χ4n) is 1.79. The fourth-order valence-corrected chi connectivity index (χ4v) is 1.79. The molecule has 0 heterocycles. The maximum atomic E-state index is 5.32. The molecule has 0 aliphatic heterocycles. The van der Waals surface area contributed by atoms with E-state index in [1.165, 1.54) is 10.8 Å². The molecule has 1 unspecified atom stereocenters. The summed E-state index contributed by atoms with van der Waals surface area (Å²) < 4.78 is 5.32. The van der Waals surface area contributed by atoms with Crippen LogP contribution in [-0.4, -0.2) is 14.2 Å². The molecule has 0 spiro atoms. The molecule has 15 heavy (non-hydrogen) atoms. The van der Waals surface area contributed by atoms with Crippen LogP contribution in [0, 0.1) is 0 Å². The summed E-state index contributed by atoms with van der Waals surface area (Å²) in [5, 5.41) is 5.61. The van der Waals surface area contributed by atoms with Gasteiger partial charge < -0.3 is 4.74 Å². The summed E-state index contributed by atoms with van der Waals surface area (Å²) in [7, 11) is 3.60. The molecule has 2 rings (SSSR count). The van der Waals surface area contributed by atoms with Crippen molar-refractivity contribution in [2.24, 2.45) is 0 Å². The Morgan fingerprint density at radius 2 is 1.80 bits per heavy atom. The quantitative estimate of drug-likeness (QED) is 0.771. The molecule has 2 aromatic carbocycles. The van der Waals surface area contributed by atoms with E-state index in [0.29, 0.717) is 0 Å². The summed E-state index contributed by atoms with van der Waals surface area (Å²) in [6.45, 7) is 0. The van der Waals surface area contributed by atoms with E-state index in [1.807, 2.05) is 19.2 Å². The van der Waals surface area contributed by atoms with Crippen molar-refractivity contribution in [3.63, 3.8) is 0 Å². The Kier molecular flexibility index (Phi) is 2.99. The Hall–Kier alpha value is -1.38. The normalized spacial score (nSPS) is 12.9. The number of fused-ring (bicyclic) bond motifs is 1. The molecule has 2 nitrogen and oxygen atoms in total. The van der Waals surface area contributed by atoms with E-state index in [-0.39, 0.29) is 6.23 Å². The molecule has 0 saturated heterocycles. The molecular formula is C13H15NO. The molecule has 0 amide bonds.